The number of amides is 1. The van der Waals surface area contributed by atoms with E-state index < -0.39 is 12.1 Å². The van der Waals surface area contributed by atoms with Gasteiger partial charge in [0.05, 0.1) is 12.7 Å². The fourth-order valence-electron chi connectivity index (χ4n) is 1.77. The number of carbonyl (C=O) groups is 2. The fraction of sp³-hybridized carbons (Fsp3) is 0.176. The Morgan fingerprint density at radius 2 is 1.64 bits per heavy atom. The molecule has 22 heavy (non-hydrogen) atoms. The van der Waals surface area contributed by atoms with Crippen molar-refractivity contribution < 1.29 is 19.1 Å². The van der Waals surface area contributed by atoms with Gasteiger partial charge in [-0.25, -0.2) is 4.79 Å². The molecule has 0 saturated heterocycles. The minimum Gasteiger partial charge on any atom is -0.497 e. The number of ether oxygens (including phenoxy) is 2. The minimum atomic E-state index is -0.894. The largest absolute Gasteiger partial charge is 0.497 e. The number of esters is 1. The van der Waals surface area contributed by atoms with Gasteiger partial charge in [0.2, 0.25) is 0 Å². The Bertz CT molecular complexity index is 637. The molecule has 1 amide bonds. The lowest BCUT2D eigenvalue weighted by molar-refractivity contribution is -0.123. The molecule has 0 bridgehead atoms. The Kier molecular flexibility index (Phi) is 5.14. The van der Waals surface area contributed by atoms with Crippen molar-refractivity contribution in [3.63, 3.8) is 0 Å². The van der Waals surface area contributed by atoms with Gasteiger partial charge in [0.15, 0.2) is 6.10 Å². The predicted molar refractivity (Wildman–Crippen MR) is 82.9 cm³/mol. The summed E-state index contributed by atoms with van der Waals surface area (Å²) >= 11 is 0. The van der Waals surface area contributed by atoms with Crippen molar-refractivity contribution in [2.45, 2.75) is 13.0 Å². The van der Waals surface area contributed by atoms with E-state index in [4.69, 9.17) is 9.47 Å². The molecule has 5 heteroatoms. The van der Waals surface area contributed by atoms with Crippen LogP contribution in [-0.4, -0.2) is 25.1 Å². The van der Waals surface area contributed by atoms with E-state index in [9.17, 15) is 9.59 Å². The normalized spacial score (nSPS) is 11.4. The number of benzene rings is 2. The molecule has 2 aromatic rings. The van der Waals surface area contributed by atoms with Gasteiger partial charge in [-0.1, -0.05) is 18.2 Å². The standard InChI is InChI=1S/C17H17NO4/c1-12(16(19)18-14-6-4-3-5-7-14)22-17(20)13-8-10-15(21-2)11-9-13/h3-12H,1-2H3,(H,18,19)/t12-/m1/s1. The maximum absolute atomic E-state index is 12.0. The Balaban J connectivity index is 1.93. The van der Waals surface area contributed by atoms with E-state index in [-0.39, 0.29) is 5.91 Å². The molecule has 0 aromatic heterocycles. The van der Waals surface area contributed by atoms with Crippen LogP contribution in [-0.2, 0) is 9.53 Å². The number of carbonyl (C=O) groups excluding carboxylic acids is 2. The summed E-state index contributed by atoms with van der Waals surface area (Å²) < 4.78 is 10.2. The second-order valence-corrected chi connectivity index (χ2v) is 4.63. The van der Waals surface area contributed by atoms with Crippen molar-refractivity contribution in [2.75, 3.05) is 12.4 Å². The average Bonchev–Trinajstić information content (AvgIpc) is 2.55. The van der Waals surface area contributed by atoms with E-state index in [0.717, 1.165) is 0 Å². The van der Waals surface area contributed by atoms with Crippen molar-refractivity contribution >= 4 is 17.6 Å². The van der Waals surface area contributed by atoms with Gasteiger partial charge in [0.25, 0.3) is 5.91 Å². The number of hydrogen-bond acceptors (Lipinski definition) is 4. The lowest BCUT2D eigenvalue weighted by Gasteiger charge is -2.13. The first-order valence-electron chi connectivity index (χ1n) is 6.81. The highest BCUT2D eigenvalue weighted by molar-refractivity contribution is 5.97. The van der Waals surface area contributed by atoms with E-state index >= 15 is 0 Å². The summed E-state index contributed by atoms with van der Waals surface area (Å²) in [6.07, 6.45) is -0.894. The lowest BCUT2D eigenvalue weighted by Crippen LogP contribution is -2.29. The molecule has 2 rings (SSSR count). The van der Waals surface area contributed by atoms with Gasteiger partial charge in [-0.15, -0.1) is 0 Å². The highest BCUT2D eigenvalue weighted by Crippen LogP contribution is 2.13. The zero-order valence-corrected chi connectivity index (χ0v) is 12.4. The fourth-order valence-corrected chi connectivity index (χ4v) is 1.77. The Morgan fingerprint density at radius 3 is 2.23 bits per heavy atom. The van der Waals surface area contributed by atoms with Crippen LogP contribution in [0.4, 0.5) is 5.69 Å². The second kappa shape index (κ2) is 7.26. The summed E-state index contributed by atoms with van der Waals surface area (Å²) in [5, 5.41) is 2.68. The van der Waals surface area contributed by atoms with Gasteiger partial charge in [-0.05, 0) is 43.3 Å². The van der Waals surface area contributed by atoms with Crippen LogP contribution in [0.25, 0.3) is 0 Å². The Labute approximate surface area is 128 Å². The molecule has 2 aromatic carbocycles. The smallest absolute Gasteiger partial charge is 0.338 e. The molecule has 1 atom stereocenters. The first-order valence-corrected chi connectivity index (χ1v) is 6.81. The van der Waals surface area contributed by atoms with Gasteiger partial charge in [0, 0.05) is 5.69 Å². The van der Waals surface area contributed by atoms with Gasteiger partial charge >= 0.3 is 5.97 Å². The van der Waals surface area contributed by atoms with Gasteiger partial charge in [0.1, 0.15) is 5.75 Å². The van der Waals surface area contributed by atoms with E-state index in [1.165, 1.54) is 6.92 Å². The molecule has 0 fully saturated rings. The number of rotatable bonds is 5. The number of hydrogen-bond donors (Lipinski definition) is 1. The Hall–Kier alpha value is -2.82. The van der Waals surface area contributed by atoms with E-state index in [0.29, 0.717) is 17.0 Å². The maximum atomic E-state index is 12.0. The van der Waals surface area contributed by atoms with Crippen LogP contribution >= 0.6 is 0 Å². The Morgan fingerprint density at radius 1 is 1.00 bits per heavy atom. The van der Waals surface area contributed by atoms with Crippen LogP contribution in [0.5, 0.6) is 5.75 Å². The quantitative estimate of drug-likeness (QED) is 0.862. The number of para-hydroxylation sites is 1. The van der Waals surface area contributed by atoms with Crippen molar-refractivity contribution in [1.82, 2.24) is 0 Å². The average molecular weight is 299 g/mol. The number of methoxy groups -OCH3 is 1. The summed E-state index contributed by atoms with van der Waals surface area (Å²) in [4.78, 5) is 23.9. The molecule has 0 radical (unpaired) electrons. The van der Waals surface area contributed by atoms with Gasteiger partial charge in [-0.3, -0.25) is 4.79 Å². The zero-order chi connectivity index (χ0) is 15.9. The number of anilines is 1. The number of nitrogens with one attached hydrogen (secondary N) is 1. The summed E-state index contributed by atoms with van der Waals surface area (Å²) in [5.74, 6) is -0.294. The second-order valence-electron chi connectivity index (χ2n) is 4.63. The van der Waals surface area contributed by atoms with Gasteiger partial charge in [-0.2, -0.15) is 0 Å². The van der Waals surface area contributed by atoms with E-state index in [1.54, 1.807) is 43.5 Å². The molecule has 5 nitrogen and oxygen atoms in total. The highest BCUT2D eigenvalue weighted by atomic mass is 16.5. The molecule has 1 N–H and O–H groups in total. The minimum absolute atomic E-state index is 0.361. The SMILES string of the molecule is COc1ccc(C(=O)O[C@H](C)C(=O)Nc2ccccc2)cc1. The van der Waals surface area contributed by atoms with Crippen LogP contribution in [0.2, 0.25) is 0 Å². The molecular formula is C17H17NO4. The third kappa shape index (κ3) is 4.09. The summed E-state index contributed by atoms with van der Waals surface area (Å²) in [5.41, 5.74) is 1.01. The molecule has 0 unspecified atom stereocenters. The molecule has 0 spiro atoms. The topological polar surface area (TPSA) is 64.6 Å². The van der Waals surface area contributed by atoms with Gasteiger partial charge < -0.3 is 14.8 Å². The van der Waals surface area contributed by atoms with E-state index in [2.05, 4.69) is 5.32 Å². The first kappa shape index (κ1) is 15.6. The van der Waals surface area contributed by atoms with Crippen LogP contribution in [0, 0.1) is 0 Å². The van der Waals surface area contributed by atoms with Crippen molar-refractivity contribution in [1.29, 1.82) is 0 Å². The van der Waals surface area contributed by atoms with Crippen LogP contribution in [0.3, 0.4) is 0 Å². The van der Waals surface area contributed by atoms with Crippen molar-refractivity contribution in [3.05, 3.63) is 60.2 Å². The lowest BCUT2D eigenvalue weighted by atomic mass is 10.2. The van der Waals surface area contributed by atoms with E-state index in [1.807, 2.05) is 18.2 Å². The zero-order valence-electron chi connectivity index (χ0n) is 12.4. The third-order valence-electron chi connectivity index (χ3n) is 3.02. The predicted octanol–water partition coefficient (Wildman–Crippen LogP) is 2.88. The molecule has 0 aliphatic heterocycles. The monoisotopic (exact) mass is 299 g/mol. The highest BCUT2D eigenvalue weighted by Gasteiger charge is 2.19. The molecule has 0 aliphatic rings. The van der Waals surface area contributed by atoms with Crippen LogP contribution < -0.4 is 10.1 Å². The molecule has 114 valence electrons. The first-order chi connectivity index (χ1) is 10.6. The summed E-state index contributed by atoms with van der Waals surface area (Å²) in [6, 6.07) is 15.5. The van der Waals surface area contributed by atoms with Crippen molar-refractivity contribution in [3.8, 4) is 5.75 Å². The summed E-state index contributed by atoms with van der Waals surface area (Å²) in [7, 11) is 1.54. The third-order valence-corrected chi connectivity index (χ3v) is 3.02. The maximum Gasteiger partial charge on any atom is 0.338 e. The van der Waals surface area contributed by atoms with Crippen LogP contribution in [0.1, 0.15) is 17.3 Å². The van der Waals surface area contributed by atoms with Crippen LogP contribution in [0.15, 0.2) is 54.6 Å². The molecular weight excluding hydrogens is 282 g/mol. The summed E-state index contributed by atoms with van der Waals surface area (Å²) in [6.45, 7) is 1.53. The molecule has 0 saturated carbocycles. The molecule has 0 heterocycles. The molecule has 0 aliphatic carbocycles. The van der Waals surface area contributed by atoms with Crippen molar-refractivity contribution in [2.24, 2.45) is 0 Å².